The number of fused-ring (bicyclic) bond motifs is 1. The molecule has 0 aromatic heterocycles. The van der Waals surface area contributed by atoms with Crippen molar-refractivity contribution in [3.63, 3.8) is 0 Å². The van der Waals surface area contributed by atoms with Crippen LogP contribution in [0.4, 0.5) is 0 Å². The number of benzene rings is 1. The number of carbonyl (C=O) groups excluding carboxylic acids is 2. The van der Waals surface area contributed by atoms with E-state index in [0.29, 0.717) is 32.5 Å². The molecule has 2 unspecified atom stereocenters. The zero-order valence-corrected chi connectivity index (χ0v) is 17.1. The van der Waals surface area contributed by atoms with Crippen molar-refractivity contribution in [2.24, 2.45) is 11.7 Å². The highest BCUT2D eigenvalue weighted by Crippen LogP contribution is 2.32. The predicted octanol–water partition coefficient (Wildman–Crippen LogP) is 1.51. The number of piperidine rings is 1. The molecule has 1 aromatic rings. The van der Waals surface area contributed by atoms with E-state index in [0.717, 1.165) is 42.9 Å². The molecule has 0 bridgehead atoms. The van der Waals surface area contributed by atoms with Gasteiger partial charge in [-0.3, -0.25) is 9.59 Å². The first-order valence-corrected chi connectivity index (χ1v) is 9.69. The van der Waals surface area contributed by atoms with Gasteiger partial charge in [0.25, 0.3) is 0 Å². The van der Waals surface area contributed by atoms with E-state index in [4.69, 9.17) is 15.2 Å². The molecule has 28 heavy (non-hydrogen) atoms. The van der Waals surface area contributed by atoms with Gasteiger partial charge < -0.3 is 25.4 Å². The molecule has 0 radical (unpaired) electrons. The Kier molecular flexibility index (Phi) is 8.38. The summed E-state index contributed by atoms with van der Waals surface area (Å²) < 4.78 is 11.1. The van der Waals surface area contributed by atoms with Gasteiger partial charge in [-0.05, 0) is 49.4 Å². The van der Waals surface area contributed by atoms with E-state index in [9.17, 15) is 9.59 Å². The molecule has 1 saturated heterocycles. The standard InChI is InChI=1S/C20H29N3O4.ClH/c1-26-17-5-6-18-14(11-17)10-15(13-27-18)20(25)23-9-3-2-4-16(23)12-22-19(24)7-8-21;/h5-6,11,15-16H,2-4,7-10,12-13,21H2,1H3,(H,22,24);1H. The highest BCUT2D eigenvalue weighted by Gasteiger charge is 2.34. The number of rotatable bonds is 6. The predicted molar refractivity (Wildman–Crippen MR) is 109 cm³/mol. The Morgan fingerprint density at radius 2 is 2.18 bits per heavy atom. The van der Waals surface area contributed by atoms with Crippen LogP contribution in [-0.2, 0) is 16.0 Å². The van der Waals surface area contributed by atoms with E-state index >= 15 is 0 Å². The molecule has 156 valence electrons. The number of methoxy groups -OCH3 is 1. The second-order valence-electron chi connectivity index (χ2n) is 7.21. The number of nitrogens with one attached hydrogen (secondary N) is 1. The fraction of sp³-hybridized carbons (Fsp3) is 0.600. The third kappa shape index (κ3) is 5.29. The summed E-state index contributed by atoms with van der Waals surface area (Å²) in [6.07, 6.45) is 3.94. The Labute approximate surface area is 172 Å². The lowest BCUT2D eigenvalue weighted by Gasteiger charge is -2.39. The van der Waals surface area contributed by atoms with Crippen LogP contribution in [0.3, 0.4) is 0 Å². The van der Waals surface area contributed by atoms with Crippen LogP contribution in [0.1, 0.15) is 31.2 Å². The summed E-state index contributed by atoms with van der Waals surface area (Å²) in [6, 6.07) is 5.74. The van der Waals surface area contributed by atoms with Gasteiger partial charge in [-0.25, -0.2) is 0 Å². The van der Waals surface area contributed by atoms with Crippen molar-refractivity contribution in [3.8, 4) is 11.5 Å². The first kappa shape index (κ1) is 22.3. The largest absolute Gasteiger partial charge is 0.497 e. The fourth-order valence-electron chi connectivity index (χ4n) is 3.85. The quantitative estimate of drug-likeness (QED) is 0.740. The zero-order chi connectivity index (χ0) is 19.2. The monoisotopic (exact) mass is 411 g/mol. The molecule has 1 fully saturated rings. The lowest BCUT2D eigenvalue weighted by Crippen LogP contribution is -2.52. The van der Waals surface area contributed by atoms with Gasteiger partial charge in [0.2, 0.25) is 11.8 Å². The molecule has 7 nitrogen and oxygen atoms in total. The van der Waals surface area contributed by atoms with Crippen LogP contribution in [0, 0.1) is 5.92 Å². The van der Waals surface area contributed by atoms with Gasteiger partial charge in [0.15, 0.2) is 0 Å². The highest BCUT2D eigenvalue weighted by molar-refractivity contribution is 5.85. The average Bonchev–Trinajstić information content (AvgIpc) is 2.71. The van der Waals surface area contributed by atoms with Gasteiger partial charge in [-0.1, -0.05) is 0 Å². The molecule has 2 atom stereocenters. The molecule has 2 aliphatic heterocycles. The summed E-state index contributed by atoms with van der Waals surface area (Å²) in [7, 11) is 1.63. The number of amides is 2. The van der Waals surface area contributed by atoms with E-state index in [1.807, 2.05) is 23.1 Å². The van der Waals surface area contributed by atoms with Crippen LogP contribution in [-0.4, -0.2) is 56.1 Å². The summed E-state index contributed by atoms with van der Waals surface area (Å²) in [4.78, 5) is 26.9. The van der Waals surface area contributed by atoms with Crippen LogP contribution in [0.15, 0.2) is 18.2 Å². The van der Waals surface area contributed by atoms with Crippen molar-refractivity contribution in [1.82, 2.24) is 10.2 Å². The number of hydrogen-bond donors (Lipinski definition) is 2. The molecular formula is C20H30ClN3O4. The summed E-state index contributed by atoms with van der Waals surface area (Å²) in [6.45, 7) is 1.95. The molecule has 2 aliphatic rings. The Bertz CT molecular complexity index is 685. The minimum atomic E-state index is -0.204. The third-order valence-corrected chi connectivity index (χ3v) is 5.34. The van der Waals surface area contributed by atoms with Crippen LogP contribution < -0.4 is 20.5 Å². The number of likely N-dealkylation sites (tertiary alicyclic amines) is 1. The lowest BCUT2D eigenvalue weighted by atomic mass is 9.93. The van der Waals surface area contributed by atoms with Gasteiger partial charge in [0.1, 0.15) is 18.1 Å². The van der Waals surface area contributed by atoms with E-state index in [-0.39, 0.29) is 36.2 Å². The molecule has 3 N–H and O–H groups in total. The topological polar surface area (TPSA) is 93.9 Å². The maximum absolute atomic E-state index is 13.2. The number of nitrogens with two attached hydrogens (primary N) is 1. The Balaban J connectivity index is 0.00000280. The van der Waals surface area contributed by atoms with Crippen LogP contribution >= 0.6 is 12.4 Å². The number of hydrogen-bond acceptors (Lipinski definition) is 5. The SMILES string of the molecule is COc1ccc2c(c1)CC(C(=O)N1CCCCC1CNC(=O)CCN)CO2.Cl. The number of ether oxygens (including phenoxy) is 2. The average molecular weight is 412 g/mol. The molecular weight excluding hydrogens is 382 g/mol. The maximum Gasteiger partial charge on any atom is 0.229 e. The Hall–Kier alpha value is -1.99. The van der Waals surface area contributed by atoms with Crippen molar-refractivity contribution < 1.29 is 19.1 Å². The molecule has 1 aromatic carbocycles. The van der Waals surface area contributed by atoms with E-state index in [2.05, 4.69) is 5.32 Å². The van der Waals surface area contributed by atoms with Gasteiger partial charge in [-0.2, -0.15) is 0 Å². The summed E-state index contributed by atoms with van der Waals surface area (Å²) in [5.41, 5.74) is 6.43. The van der Waals surface area contributed by atoms with Crippen LogP contribution in [0.2, 0.25) is 0 Å². The zero-order valence-electron chi connectivity index (χ0n) is 16.3. The summed E-state index contributed by atoms with van der Waals surface area (Å²) in [5, 5.41) is 2.91. The highest BCUT2D eigenvalue weighted by atomic mass is 35.5. The van der Waals surface area contributed by atoms with Crippen molar-refractivity contribution in [1.29, 1.82) is 0 Å². The first-order valence-electron chi connectivity index (χ1n) is 9.69. The fourth-order valence-corrected chi connectivity index (χ4v) is 3.85. The van der Waals surface area contributed by atoms with E-state index < -0.39 is 0 Å². The summed E-state index contributed by atoms with van der Waals surface area (Å²) >= 11 is 0. The lowest BCUT2D eigenvalue weighted by molar-refractivity contribution is -0.141. The van der Waals surface area contributed by atoms with Gasteiger partial charge >= 0.3 is 0 Å². The molecule has 8 heteroatoms. The molecule has 0 aliphatic carbocycles. The van der Waals surface area contributed by atoms with Crippen LogP contribution in [0.5, 0.6) is 11.5 Å². The smallest absolute Gasteiger partial charge is 0.229 e. The Morgan fingerprint density at radius 1 is 1.36 bits per heavy atom. The molecule has 2 heterocycles. The molecule has 0 spiro atoms. The van der Waals surface area contributed by atoms with Gasteiger partial charge in [0, 0.05) is 32.1 Å². The summed E-state index contributed by atoms with van der Waals surface area (Å²) in [5.74, 6) is 1.44. The van der Waals surface area contributed by atoms with Gasteiger partial charge in [-0.15, -0.1) is 12.4 Å². The minimum Gasteiger partial charge on any atom is -0.497 e. The second-order valence-corrected chi connectivity index (χ2v) is 7.21. The van der Waals surface area contributed by atoms with Crippen LogP contribution in [0.25, 0.3) is 0 Å². The van der Waals surface area contributed by atoms with E-state index in [1.165, 1.54) is 0 Å². The number of nitrogens with zero attached hydrogens (tertiary/aromatic N) is 1. The van der Waals surface area contributed by atoms with Crippen molar-refractivity contribution in [3.05, 3.63) is 23.8 Å². The molecule has 0 saturated carbocycles. The van der Waals surface area contributed by atoms with E-state index in [1.54, 1.807) is 7.11 Å². The van der Waals surface area contributed by atoms with Crippen molar-refractivity contribution in [2.45, 2.75) is 38.1 Å². The Morgan fingerprint density at radius 3 is 2.93 bits per heavy atom. The van der Waals surface area contributed by atoms with Crippen molar-refractivity contribution in [2.75, 3.05) is 33.4 Å². The van der Waals surface area contributed by atoms with Crippen molar-refractivity contribution >= 4 is 24.2 Å². The second kappa shape index (κ2) is 10.5. The minimum absolute atomic E-state index is 0. The maximum atomic E-state index is 13.2. The normalized spacial score (nSPS) is 21.0. The van der Waals surface area contributed by atoms with Gasteiger partial charge in [0.05, 0.1) is 13.0 Å². The first-order chi connectivity index (χ1) is 13.1. The number of carbonyl (C=O) groups is 2. The number of halogens is 1. The molecule has 2 amide bonds. The third-order valence-electron chi connectivity index (χ3n) is 5.34. The molecule has 3 rings (SSSR count).